The molecule has 3 amide bonds. The Morgan fingerprint density at radius 3 is 2.56 bits per heavy atom. The van der Waals surface area contributed by atoms with Gasteiger partial charge in [0.05, 0.1) is 11.7 Å². The normalized spacial score (nSPS) is 22.3. The molecule has 34 heavy (non-hydrogen) atoms. The van der Waals surface area contributed by atoms with E-state index < -0.39 is 6.03 Å². The minimum atomic E-state index is -0.465. The van der Waals surface area contributed by atoms with Crippen LogP contribution in [0.15, 0.2) is 22.7 Å². The lowest BCUT2D eigenvalue weighted by molar-refractivity contribution is 0.0150. The van der Waals surface area contributed by atoms with Gasteiger partial charge in [0.25, 0.3) is 5.91 Å². The molecule has 0 saturated carbocycles. The van der Waals surface area contributed by atoms with Gasteiger partial charge in [0.2, 0.25) is 0 Å². The fourth-order valence-electron chi connectivity index (χ4n) is 3.97. The van der Waals surface area contributed by atoms with Crippen LogP contribution in [0, 0.1) is 19.8 Å². The molecule has 1 aromatic carbocycles. The zero-order chi connectivity index (χ0) is 25.0. The summed E-state index contributed by atoms with van der Waals surface area (Å²) in [5.74, 6) is 0.987. The van der Waals surface area contributed by atoms with Crippen molar-refractivity contribution in [2.24, 2.45) is 5.92 Å². The fourth-order valence-corrected chi connectivity index (χ4v) is 3.97. The highest BCUT2D eigenvalue weighted by atomic mass is 16.5. The first-order chi connectivity index (χ1) is 16.1. The number of nitrogens with zero attached hydrogens (tertiary/aromatic N) is 3. The molecule has 186 valence electrons. The lowest BCUT2D eigenvalue weighted by Gasteiger charge is -2.34. The van der Waals surface area contributed by atoms with Crippen LogP contribution in [0.25, 0.3) is 0 Å². The van der Waals surface area contributed by atoms with Crippen LogP contribution in [-0.2, 0) is 4.74 Å². The van der Waals surface area contributed by atoms with Crippen molar-refractivity contribution in [1.82, 2.24) is 15.0 Å². The first-order valence-electron chi connectivity index (χ1n) is 11.4. The molecule has 0 bridgehead atoms. The molecule has 2 heterocycles. The first kappa shape index (κ1) is 25.5. The number of anilines is 2. The summed E-state index contributed by atoms with van der Waals surface area (Å²) in [6.07, 6.45) is -0.116. The molecule has 0 radical (unpaired) electrons. The number of hydrogen-bond acceptors (Lipinski definition) is 7. The molecule has 0 fully saturated rings. The maximum atomic E-state index is 13.4. The monoisotopic (exact) mass is 473 g/mol. The van der Waals surface area contributed by atoms with Crippen LogP contribution in [0.2, 0.25) is 0 Å². The molecule has 1 aliphatic rings. The zero-order valence-electron chi connectivity index (χ0n) is 21.0. The van der Waals surface area contributed by atoms with Crippen LogP contribution in [-0.4, -0.2) is 79.9 Å². The van der Waals surface area contributed by atoms with E-state index in [2.05, 4.69) is 41.6 Å². The van der Waals surface area contributed by atoms with Gasteiger partial charge in [0.15, 0.2) is 5.76 Å². The van der Waals surface area contributed by atoms with Crippen LogP contribution in [0.3, 0.4) is 0 Å². The van der Waals surface area contributed by atoms with Crippen LogP contribution >= 0.6 is 0 Å². The van der Waals surface area contributed by atoms with E-state index in [1.54, 1.807) is 51.1 Å². The van der Waals surface area contributed by atoms with Gasteiger partial charge in [-0.3, -0.25) is 9.69 Å². The fraction of sp³-hybridized carbons (Fsp3) is 0.542. The average Bonchev–Trinajstić information content (AvgIpc) is 3.11. The van der Waals surface area contributed by atoms with Crippen molar-refractivity contribution in [3.8, 4) is 5.75 Å². The average molecular weight is 474 g/mol. The van der Waals surface area contributed by atoms with E-state index in [4.69, 9.17) is 14.0 Å². The number of carbonyl (C=O) groups excluding carboxylic acids is 2. The molecule has 2 N–H and O–H groups in total. The Kier molecular flexibility index (Phi) is 8.16. The van der Waals surface area contributed by atoms with Crippen LogP contribution < -0.4 is 15.4 Å². The van der Waals surface area contributed by atoms with Gasteiger partial charge in [-0.2, -0.15) is 0 Å². The highest BCUT2D eigenvalue weighted by molar-refractivity contribution is 6.02. The van der Waals surface area contributed by atoms with Gasteiger partial charge in [0, 0.05) is 39.0 Å². The van der Waals surface area contributed by atoms with Crippen molar-refractivity contribution in [3.05, 3.63) is 35.2 Å². The quantitative estimate of drug-likeness (QED) is 0.703. The van der Waals surface area contributed by atoms with Gasteiger partial charge in [-0.15, -0.1) is 0 Å². The second-order valence-electron chi connectivity index (χ2n) is 9.03. The van der Waals surface area contributed by atoms with Gasteiger partial charge in [-0.1, -0.05) is 12.1 Å². The van der Waals surface area contributed by atoms with Gasteiger partial charge in [-0.05, 0) is 51.9 Å². The Bertz CT molecular complexity index is 1000. The molecule has 2 aromatic rings. The number of aryl methyl sites for hydroxylation is 2. The summed E-state index contributed by atoms with van der Waals surface area (Å²) in [5, 5.41) is 9.34. The Morgan fingerprint density at radius 1 is 1.18 bits per heavy atom. The number of aromatic nitrogens is 1. The van der Waals surface area contributed by atoms with Crippen LogP contribution in [0.1, 0.15) is 35.7 Å². The summed E-state index contributed by atoms with van der Waals surface area (Å²) in [7, 11) is 5.47. The number of nitrogens with one attached hydrogen (secondary N) is 2. The predicted molar refractivity (Wildman–Crippen MR) is 130 cm³/mol. The van der Waals surface area contributed by atoms with E-state index in [1.807, 2.05) is 0 Å². The SMILES string of the molecule is CO[C@@H]1CN(C)C(=O)c2cc(NC(=O)Nc3c(C)noc3C)ccc2OC[C@H](C)N(C)C[C@@H]1C. The smallest absolute Gasteiger partial charge is 0.323 e. The Labute approximate surface area is 200 Å². The topological polar surface area (TPSA) is 109 Å². The van der Waals surface area contributed by atoms with Crippen molar-refractivity contribution in [2.45, 2.75) is 39.8 Å². The van der Waals surface area contributed by atoms with E-state index in [-0.39, 0.29) is 24.0 Å². The maximum absolute atomic E-state index is 13.4. The van der Waals surface area contributed by atoms with Gasteiger partial charge < -0.3 is 29.5 Å². The molecule has 3 rings (SSSR count). The summed E-state index contributed by atoms with van der Waals surface area (Å²) in [6, 6.07) is 4.72. The third kappa shape index (κ3) is 5.87. The number of methoxy groups -OCH3 is 1. The summed E-state index contributed by atoms with van der Waals surface area (Å²) in [4.78, 5) is 29.8. The number of carbonyl (C=O) groups is 2. The van der Waals surface area contributed by atoms with E-state index in [0.717, 1.165) is 6.54 Å². The number of ether oxygens (including phenoxy) is 2. The van der Waals surface area contributed by atoms with Crippen molar-refractivity contribution in [1.29, 1.82) is 0 Å². The Balaban J connectivity index is 1.86. The summed E-state index contributed by atoms with van der Waals surface area (Å²) >= 11 is 0. The lowest BCUT2D eigenvalue weighted by atomic mass is 10.0. The summed E-state index contributed by atoms with van der Waals surface area (Å²) < 4.78 is 16.9. The molecule has 0 saturated heterocycles. The molecule has 1 aliphatic heterocycles. The number of urea groups is 1. The van der Waals surface area contributed by atoms with E-state index in [9.17, 15) is 9.59 Å². The largest absolute Gasteiger partial charge is 0.491 e. The molecular weight excluding hydrogens is 438 g/mol. The highest BCUT2D eigenvalue weighted by Gasteiger charge is 2.27. The number of rotatable bonds is 3. The lowest BCUT2D eigenvalue weighted by Crippen LogP contribution is -2.45. The van der Waals surface area contributed by atoms with Crippen molar-refractivity contribution >= 4 is 23.3 Å². The third-order valence-corrected chi connectivity index (χ3v) is 6.29. The summed E-state index contributed by atoms with van der Waals surface area (Å²) in [5.41, 5.74) is 1.93. The standard InChI is InChI=1S/C24H35N5O5/c1-14-11-28(5)15(2)13-33-20-9-8-18(10-19(20)23(30)29(6)12-21(14)32-7)25-24(31)26-22-16(3)27-34-17(22)4/h8-10,14-15,21H,11-13H2,1-7H3,(H2,25,26,31)/t14-,15-,21+/m0/s1. The van der Waals surface area contributed by atoms with Crippen molar-refractivity contribution in [2.75, 3.05) is 51.5 Å². The first-order valence-corrected chi connectivity index (χ1v) is 11.4. The molecule has 0 spiro atoms. The van der Waals surface area contributed by atoms with Gasteiger partial charge in [-0.25, -0.2) is 4.79 Å². The van der Waals surface area contributed by atoms with Gasteiger partial charge in [0.1, 0.15) is 23.7 Å². The number of hydrogen-bond donors (Lipinski definition) is 2. The molecule has 1 aromatic heterocycles. The summed E-state index contributed by atoms with van der Waals surface area (Å²) in [6.45, 7) is 9.34. The third-order valence-electron chi connectivity index (χ3n) is 6.29. The molecular formula is C24H35N5O5. The van der Waals surface area contributed by atoms with E-state index in [1.165, 1.54) is 0 Å². The molecule has 0 aliphatic carbocycles. The number of benzene rings is 1. The minimum absolute atomic E-state index is 0.116. The zero-order valence-corrected chi connectivity index (χ0v) is 21.0. The van der Waals surface area contributed by atoms with Crippen molar-refractivity contribution < 1.29 is 23.6 Å². The molecule has 10 heteroatoms. The van der Waals surface area contributed by atoms with Crippen molar-refractivity contribution in [3.63, 3.8) is 0 Å². The van der Waals surface area contributed by atoms with E-state index in [0.29, 0.717) is 47.3 Å². The second kappa shape index (κ2) is 10.9. The molecule has 3 atom stereocenters. The maximum Gasteiger partial charge on any atom is 0.323 e. The predicted octanol–water partition coefficient (Wildman–Crippen LogP) is 3.37. The molecule has 0 unspecified atom stereocenters. The Hall–Kier alpha value is -3.11. The van der Waals surface area contributed by atoms with Crippen LogP contribution in [0.4, 0.5) is 16.2 Å². The number of likely N-dealkylation sites (N-methyl/N-ethyl adjacent to an activating group) is 2. The van der Waals surface area contributed by atoms with Crippen LogP contribution in [0.5, 0.6) is 5.75 Å². The molecule has 10 nitrogen and oxygen atoms in total. The minimum Gasteiger partial charge on any atom is -0.491 e. The number of fused-ring (bicyclic) bond motifs is 1. The second-order valence-corrected chi connectivity index (χ2v) is 9.03. The Morgan fingerprint density at radius 2 is 1.91 bits per heavy atom. The van der Waals surface area contributed by atoms with E-state index >= 15 is 0 Å². The van der Waals surface area contributed by atoms with Gasteiger partial charge >= 0.3 is 6.03 Å². The number of amides is 3. The highest BCUT2D eigenvalue weighted by Crippen LogP contribution is 2.27.